The minimum Gasteiger partial charge on any atom is -0.390 e. The van der Waals surface area contributed by atoms with E-state index in [1.807, 2.05) is 24.8 Å². The Kier molecular flexibility index (Phi) is 7.80. The van der Waals surface area contributed by atoms with Gasteiger partial charge in [-0.3, -0.25) is 14.5 Å². The Balaban J connectivity index is 1.20. The van der Waals surface area contributed by atoms with Gasteiger partial charge in [-0.2, -0.15) is 0 Å². The first-order valence-corrected chi connectivity index (χ1v) is 12.1. The topological polar surface area (TPSA) is 97.8 Å². The van der Waals surface area contributed by atoms with Crippen LogP contribution in [0.4, 0.5) is 5.82 Å². The van der Waals surface area contributed by atoms with E-state index in [4.69, 9.17) is 0 Å². The highest BCUT2D eigenvalue weighted by Crippen LogP contribution is 2.19. The van der Waals surface area contributed by atoms with Gasteiger partial charge in [0.1, 0.15) is 5.82 Å². The Morgan fingerprint density at radius 1 is 1.18 bits per heavy atom. The van der Waals surface area contributed by atoms with Crippen molar-refractivity contribution in [3.8, 4) is 0 Å². The predicted molar refractivity (Wildman–Crippen MR) is 131 cm³/mol. The Labute approximate surface area is 201 Å². The first-order chi connectivity index (χ1) is 16.4. The van der Waals surface area contributed by atoms with Gasteiger partial charge in [0.15, 0.2) is 0 Å². The summed E-state index contributed by atoms with van der Waals surface area (Å²) in [6.07, 6.45) is 2.50. The molecule has 1 unspecified atom stereocenters. The minimum atomic E-state index is -0.641. The number of benzene rings is 1. The monoisotopic (exact) mass is 465 g/mol. The number of hydrogen-bond acceptors (Lipinski definition) is 6. The molecular weight excluding hydrogens is 430 g/mol. The molecule has 1 atom stereocenters. The molecule has 0 spiro atoms. The van der Waals surface area contributed by atoms with Crippen LogP contribution in [0.15, 0.2) is 42.6 Å². The first-order valence-electron chi connectivity index (χ1n) is 12.1. The maximum atomic E-state index is 12.6. The lowest BCUT2D eigenvalue weighted by atomic mass is 10.00. The Bertz CT molecular complexity index is 1010. The highest BCUT2D eigenvalue weighted by molar-refractivity contribution is 5.94. The molecule has 3 heterocycles. The molecule has 34 heavy (non-hydrogen) atoms. The normalized spacial score (nSPS) is 17.1. The van der Waals surface area contributed by atoms with Crippen LogP contribution < -0.4 is 10.6 Å². The van der Waals surface area contributed by atoms with Crippen molar-refractivity contribution in [3.63, 3.8) is 0 Å². The van der Waals surface area contributed by atoms with E-state index in [0.717, 1.165) is 19.5 Å². The molecule has 0 aliphatic carbocycles. The Hall–Kier alpha value is -2.97. The molecule has 8 heteroatoms. The van der Waals surface area contributed by atoms with Crippen molar-refractivity contribution >= 4 is 17.6 Å². The van der Waals surface area contributed by atoms with Gasteiger partial charge in [0.05, 0.1) is 12.1 Å². The summed E-state index contributed by atoms with van der Waals surface area (Å²) in [6.45, 7) is 7.82. The van der Waals surface area contributed by atoms with Crippen molar-refractivity contribution in [1.82, 2.24) is 20.1 Å². The predicted octanol–water partition coefficient (Wildman–Crippen LogP) is 1.90. The van der Waals surface area contributed by atoms with Crippen LogP contribution in [0.1, 0.15) is 41.8 Å². The minimum absolute atomic E-state index is 0.137. The summed E-state index contributed by atoms with van der Waals surface area (Å²) in [4.78, 5) is 33.1. The fourth-order valence-corrected chi connectivity index (χ4v) is 4.50. The number of carbonyl (C=O) groups is 2. The highest BCUT2D eigenvalue weighted by Gasteiger charge is 2.30. The van der Waals surface area contributed by atoms with Gasteiger partial charge >= 0.3 is 0 Å². The molecule has 2 aromatic rings. The molecule has 0 saturated carbocycles. The second kappa shape index (κ2) is 11.0. The SMILES string of the molecule is CC(C)CC(=O)N1CC(Nc2cc(C(=O)NCC(O)CN3CCc4ccccc4C3)ccn2)C1. The maximum absolute atomic E-state index is 12.6. The van der Waals surface area contributed by atoms with Crippen LogP contribution in [-0.4, -0.2) is 76.6 Å². The van der Waals surface area contributed by atoms with Gasteiger partial charge in [-0.1, -0.05) is 38.1 Å². The molecule has 4 rings (SSSR count). The van der Waals surface area contributed by atoms with Gasteiger partial charge in [0, 0.05) is 57.4 Å². The highest BCUT2D eigenvalue weighted by atomic mass is 16.3. The molecule has 1 aromatic carbocycles. The number of rotatable bonds is 9. The quantitative estimate of drug-likeness (QED) is 0.523. The molecule has 1 fully saturated rings. The van der Waals surface area contributed by atoms with E-state index in [1.54, 1.807) is 18.3 Å². The maximum Gasteiger partial charge on any atom is 0.251 e. The fraction of sp³-hybridized carbons (Fsp3) is 0.500. The Morgan fingerprint density at radius 2 is 1.94 bits per heavy atom. The number of nitrogens with one attached hydrogen (secondary N) is 2. The number of aromatic nitrogens is 1. The molecule has 2 aliphatic rings. The van der Waals surface area contributed by atoms with E-state index < -0.39 is 6.10 Å². The van der Waals surface area contributed by atoms with Gasteiger partial charge in [0.2, 0.25) is 5.91 Å². The molecule has 1 aromatic heterocycles. The number of β-amino-alcohol motifs (C(OH)–C–C–N with tert-alkyl or cyclic N) is 1. The standard InChI is InChI=1S/C26H35N5O3/c1-18(2)11-25(33)31-15-22(16-31)29-24-12-20(7-9-27-24)26(34)28-13-23(32)17-30-10-8-19-5-3-4-6-21(19)14-30/h3-7,9,12,18,22-23,32H,8,10-11,13-17H2,1-2H3,(H,27,29)(H,28,34). The zero-order valence-electron chi connectivity index (χ0n) is 20.0. The lowest BCUT2D eigenvalue weighted by molar-refractivity contribution is -0.135. The summed E-state index contributed by atoms with van der Waals surface area (Å²) in [7, 11) is 0. The summed E-state index contributed by atoms with van der Waals surface area (Å²) >= 11 is 0. The smallest absolute Gasteiger partial charge is 0.251 e. The summed E-state index contributed by atoms with van der Waals surface area (Å²) in [6, 6.07) is 11.9. The van der Waals surface area contributed by atoms with Crippen LogP contribution in [0.25, 0.3) is 0 Å². The van der Waals surface area contributed by atoms with Crippen molar-refractivity contribution in [1.29, 1.82) is 0 Å². The number of fused-ring (bicyclic) bond motifs is 1. The van der Waals surface area contributed by atoms with E-state index in [0.29, 0.717) is 43.4 Å². The van der Waals surface area contributed by atoms with Crippen LogP contribution in [0.5, 0.6) is 0 Å². The summed E-state index contributed by atoms with van der Waals surface area (Å²) < 4.78 is 0. The van der Waals surface area contributed by atoms with Gasteiger partial charge in [-0.05, 0) is 35.6 Å². The van der Waals surface area contributed by atoms with Gasteiger partial charge in [-0.25, -0.2) is 4.98 Å². The van der Waals surface area contributed by atoms with Crippen molar-refractivity contribution in [2.24, 2.45) is 5.92 Å². The number of nitrogens with zero attached hydrogens (tertiary/aromatic N) is 3. The van der Waals surface area contributed by atoms with Crippen molar-refractivity contribution in [3.05, 3.63) is 59.3 Å². The zero-order valence-corrected chi connectivity index (χ0v) is 20.0. The molecule has 0 bridgehead atoms. The van der Waals surface area contributed by atoms with Gasteiger partial charge in [-0.15, -0.1) is 0 Å². The summed E-state index contributed by atoms with van der Waals surface area (Å²) in [5, 5.41) is 16.6. The van der Waals surface area contributed by atoms with E-state index >= 15 is 0 Å². The van der Waals surface area contributed by atoms with Crippen LogP contribution in [0.2, 0.25) is 0 Å². The van der Waals surface area contributed by atoms with Crippen LogP contribution in [-0.2, 0) is 17.8 Å². The second-order valence-electron chi connectivity index (χ2n) is 9.79. The molecule has 0 radical (unpaired) electrons. The average Bonchev–Trinajstić information content (AvgIpc) is 2.79. The lowest BCUT2D eigenvalue weighted by Gasteiger charge is -2.40. The second-order valence-corrected chi connectivity index (χ2v) is 9.79. The van der Waals surface area contributed by atoms with E-state index in [9.17, 15) is 14.7 Å². The molecule has 1 saturated heterocycles. The number of anilines is 1. The Morgan fingerprint density at radius 3 is 2.71 bits per heavy atom. The first kappa shape index (κ1) is 24.2. The van der Waals surface area contributed by atoms with Crippen molar-refractivity contribution in [2.45, 2.75) is 45.4 Å². The summed E-state index contributed by atoms with van der Waals surface area (Å²) in [5.41, 5.74) is 3.17. The fourth-order valence-electron chi connectivity index (χ4n) is 4.50. The lowest BCUT2D eigenvalue weighted by Crippen LogP contribution is -2.57. The molecule has 182 valence electrons. The summed E-state index contributed by atoms with van der Waals surface area (Å²) in [5.74, 6) is 0.907. The number of aliphatic hydroxyl groups is 1. The van der Waals surface area contributed by atoms with Crippen LogP contribution in [0.3, 0.4) is 0 Å². The van der Waals surface area contributed by atoms with E-state index in [1.165, 1.54) is 11.1 Å². The zero-order chi connectivity index (χ0) is 24.1. The number of pyridine rings is 1. The van der Waals surface area contributed by atoms with Crippen molar-refractivity contribution in [2.75, 3.05) is 38.0 Å². The molecule has 2 aliphatic heterocycles. The number of amides is 2. The number of carbonyl (C=O) groups excluding carboxylic acids is 2. The largest absolute Gasteiger partial charge is 0.390 e. The van der Waals surface area contributed by atoms with Crippen LogP contribution in [0, 0.1) is 5.92 Å². The third-order valence-electron chi connectivity index (χ3n) is 6.37. The molecular formula is C26H35N5O3. The number of hydrogen-bond donors (Lipinski definition) is 3. The third-order valence-corrected chi connectivity index (χ3v) is 6.37. The average molecular weight is 466 g/mol. The van der Waals surface area contributed by atoms with Crippen LogP contribution >= 0.6 is 0 Å². The number of likely N-dealkylation sites (tertiary alicyclic amines) is 1. The van der Waals surface area contributed by atoms with Gasteiger partial charge < -0.3 is 20.6 Å². The van der Waals surface area contributed by atoms with Gasteiger partial charge in [0.25, 0.3) is 5.91 Å². The third kappa shape index (κ3) is 6.33. The molecule has 8 nitrogen and oxygen atoms in total. The van der Waals surface area contributed by atoms with Crippen molar-refractivity contribution < 1.29 is 14.7 Å². The van der Waals surface area contributed by atoms with E-state index in [-0.39, 0.29) is 24.4 Å². The molecule has 2 amide bonds. The number of aliphatic hydroxyl groups excluding tert-OH is 1. The molecule has 3 N–H and O–H groups in total. The van der Waals surface area contributed by atoms with E-state index in [2.05, 4.69) is 38.7 Å².